The van der Waals surface area contributed by atoms with Gasteiger partial charge in [-0.3, -0.25) is 14.9 Å². The summed E-state index contributed by atoms with van der Waals surface area (Å²) in [5.41, 5.74) is 2.13. The Morgan fingerprint density at radius 3 is 2.68 bits per heavy atom. The third kappa shape index (κ3) is 5.23. The molecule has 2 aromatic carbocycles. The van der Waals surface area contributed by atoms with E-state index in [0.717, 1.165) is 11.1 Å². The van der Waals surface area contributed by atoms with E-state index >= 15 is 0 Å². The van der Waals surface area contributed by atoms with Gasteiger partial charge >= 0.3 is 0 Å². The number of anilines is 1. The lowest BCUT2D eigenvalue weighted by Gasteiger charge is -2.15. The number of aromatic nitrogens is 3. The van der Waals surface area contributed by atoms with E-state index < -0.39 is 10.2 Å². The minimum Gasteiger partial charge on any atom is -0.325 e. The van der Waals surface area contributed by atoms with Crippen molar-refractivity contribution >= 4 is 40.6 Å². The zero-order chi connectivity index (χ0) is 22.5. The van der Waals surface area contributed by atoms with E-state index in [1.54, 1.807) is 6.07 Å². The third-order valence-electron chi connectivity index (χ3n) is 4.70. The van der Waals surface area contributed by atoms with Gasteiger partial charge in [0, 0.05) is 35.0 Å². The van der Waals surface area contributed by atoms with Crippen molar-refractivity contribution in [1.82, 2.24) is 14.8 Å². The molecule has 1 heterocycles. The molecule has 3 aromatic rings. The molecule has 0 aliphatic rings. The van der Waals surface area contributed by atoms with Crippen LogP contribution in [0, 0.1) is 17.0 Å². The molecule has 162 valence electrons. The van der Waals surface area contributed by atoms with Crippen LogP contribution in [-0.4, -0.2) is 30.8 Å². The molecule has 1 aromatic heterocycles. The number of carbonyl (C=O) groups is 1. The summed E-state index contributed by atoms with van der Waals surface area (Å²) in [4.78, 5) is 23.3. The topological polar surface area (TPSA) is 103 Å². The van der Waals surface area contributed by atoms with Crippen LogP contribution in [0.15, 0.2) is 47.6 Å². The number of nitro benzene ring substituents is 1. The SMILES string of the molecule is CCC(Sc1nnc(-c2ccc(C)c(Cl)c2)n1CC)C(=O)Nc1cccc([N+](=O)[O-])c1. The minimum absolute atomic E-state index is 0.0781. The van der Waals surface area contributed by atoms with Crippen LogP contribution in [0.3, 0.4) is 0 Å². The van der Waals surface area contributed by atoms with Crippen LogP contribution in [-0.2, 0) is 11.3 Å². The van der Waals surface area contributed by atoms with Gasteiger partial charge in [0.1, 0.15) is 0 Å². The summed E-state index contributed by atoms with van der Waals surface area (Å²) in [5, 5.41) is 23.2. The first-order chi connectivity index (χ1) is 14.8. The number of halogens is 1. The van der Waals surface area contributed by atoms with Gasteiger partial charge in [-0.25, -0.2) is 0 Å². The van der Waals surface area contributed by atoms with Gasteiger partial charge in [-0.15, -0.1) is 10.2 Å². The van der Waals surface area contributed by atoms with Crippen molar-refractivity contribution in [3.8, 4) is 11.4 Å². The number of hydrogen-bond acceptors (Lipinski definition) is 6. The number of rotatable bonds is 8. The van der Waals surface area contributed by atoms with Gasteiger partial charge in [-0.05, 0) is 38.0 Å². The lowest BCUT2D eigenvalue weighted by Crippen LogP contribution is -2.25. The number of non-ortho nitro benzene ring substituents is 1. The van der Waals surface area contributed by atoms with E-state index in [4.69, 9.17) is 11.6 Å². The Morgan fingerprint density at radius 2 is 2.03 bits per heavy atom. The predicted octanol–water partition coefficient (Wildman–Crippen LogP) is 5.34. The number of benzene rings is 2. The van der Waals surface area contributed by atoms with Crippen LogP contribution in [0.5, 0.6) is 0 Å². The molecule has 0 radical (unpaired) electrons. The standard InChI is InChI=1S/C21H22ClN5O3S/c1-4-18(20(28)23-15-7-6-8-16(12-15)27(29)30)31-21-25-24-19(26(21)5-2)14-10-9-13(3)17(22)11-14/h6-12,18H,4-5H2,1-3H3,(H,23,28). The molecule has 1 atom stereocenters. The van der Waals surface area contributed by atoms with Gasteiger partial charge in [0.25, 0.3) is 5.69 Å². The molecule has 8 nitrogen and oxygen atoms in total. The molecule has 0 aliphatic carbocycles. The quantitative estimate of drug-likeness (QED) is 0.277. The predicted molar refractivity (Wildman–Crippen MR) is 123 cm³/mol. The Kier molecular flexibility index (Phi) is 7.29. The van der Waals surface area contributed by atoms with Crippen molar-refractivity contribution in [2.75, 3.05) is 5.32 Å². The van der Waals surface area contributed by atoms with E-state index in [9.17, 15) is 14.9 Å². The Labute approximate surface area is 189 Å². The molecule has 1 unspecified atom stereocenters. The average molecular weight is 460 g/mol. The monoisotopic (exact) mass is 459 g/mol. The van der Waals surface area contributed by atoms with Crippen molar-refractivity contribution in [2.24, 2.45) is 0 Å². The van der Waals surface area contributed by atoms with Crippen LogP contribution in [0.4, 0.5) is 11.4 Å². The molecular weight excluding hydrogens is 438 g/mol. The number of thioether (sulfide) groups is 1. The number of carbonyl (C=O) groups excluding carboxylic acids is 1. The Bertz CT molecular complexity index is 1120. The molecule has 31 heavy (non-hydrogen) atoms. The van der Waals surface area contributed by atoms with Gasteiger partial charge in [-0.1, -0.05) is 48.5 Å². The maximum absolute atomic E-state index is 12.8. The number of aryl methyl sites for hydroxylation is 1. The van der Waals surface area contributed by atoms with Gasteiger partial charge < -0.3 is 9.88 Å². The van der Waals surface area contributed by atoms with E-state index in [1.807, 2.05) is 43.5 Å². The van der Waals surface area contributed by atoms with Gasteiger partial charge in [0.2, 0.25) is 5.91 Å². The number of amides is 1. The highest BCUT2D eigenvalue weighted by molar-refractivity contribution is 8.00. The second-order valence-electron chi connectivity index (χ2n) is 6.83. The summed E-state index contributed by atoms with van der Waals surface area (Å²) >= 11 is 7.58. The largest absolute Gasteiger partial charge is 0.325 e. The second kappa shape index (κ2) is 9.93. The van der Waals surface area contributed by atoms with Gasteiger partial charge in [-0.2, -0.15) is 0 Å². The molecule has 0 saturated carbocycles. The van der Waals surface area contributed by atoms with Crippen molar-refractivity contribution in [3.63, 3.8) is 0 Å². The summed E-state index contributed by atoms with van der Waals surface area (Å²) in [5.74, 6) is 0.430. The number of nitrogens with one attached hydrogen (secondary N) is 1. The van der Waals surface area contributed by atoms with E-state index in [-0.39, 0.29) is 11.6 Å². The molecule has 0 bridgehead atoms. The number of hydrogen-bond donors (Lipinski definition) is 1. The van der Waals surface area contributed by atoms with Crippen LogP contribution >= 0.6 is 23.4 Å². The van der Waals surface area contributed by atoms with Crippen molar-refractivity contribution in [3.05, 3.63) is 63.2 Å². The minimum atomic E-state index is -0.496. The molecule has 1 N–H and O–H groups in total. The molecule has 0 spiro atoms. The van der Waals surface area contributed by atoms with Crippen LogP contribution in [0.1, 0.15) is 25.8 Å². The molecule has 10 heteroatoms. The van der Waals surface area contributed by atoms with Crippen LogP contribution in [0.25, 0.3) is 11.4 Å². The normalized spacial score (nSPS) is 11.9. The summed E-state index contributed by atoms with van der Waals surface area (Å²) in [6, 6.07) is 11.6. The van der Waals surface area contributed by atoms with Crippen molar-refractivity contribution < 1.29 is 9.72 Å². The molecule has 0 saturated heterocycles. The van der Waals surface area contributed by atoms with E-state index in [0.29, 0.717) is 34.7 Å². The van der Waals surface area contributed by atoms with Crippen LogP contribution < -0.4 is 5.32 Å². The van der Waals surface area contributed by atoms with Crippen LogP contribution in [0.2, 0.25) is 5.02 Å². The van der Waals surface area contributed by atoms with E-state index in [2.05, 4.69) is 15.5 Å². The average Bonchev–Trinajstić information content (AvgIpc) is 3.16. The smallest absolute Gasteiger partial charge is 0.271 e. The first kappa shape index (κ1) is 22.8. The second-order valence-corrected chi connectivity index (χ2v) is 8.40. The molecule has 0 fully saturated rings. The first-order valence-corrected chi connectivity index (χ1v) is 11.0. The lowest BCUT2D eigenvalue weighted by molar-refractivity contribution is -0.384. The van der Waals surface area contributed by atoms with Crippen molar-refractivity contribution in [1.29, 1.82) is 0 Å². The fourth-order valence-corrected chi connectivity index (χ4v) is 4.17. The first-order valence-electron chi connectivity index (χ1n) is 9.75. The highest BCUT2D eigenvalue weighted by Crippen LogP contribution is 2.30. The molecular formula is C21H22ClN5O3S. The van der Waals surface area contributed by atoms with Gasteiger partial charge in [0.15, 0.2) is 11.0 Å². The highest BCUT2D eigenvalue weighted by atomic mass is 35.5. The zero-order valence-electron chi connectivity index (χ0n) is 17.3. The Morgan fingerprint density at radius 1 is 1.26 bits per heavy atom. The fraction of sp³-hybridized carbons (Fsp3) is 0.286. The Hall–Kier alpha value is -2.91. The van der Waals surface area contributed by atoms with Gasteiger partial charge in [0.05, 0.1) is 10.2 Å². The lowest BCUT2D eigenvalue weighted by atomic mass is 10.1. The van der Waals surface area contributed by atoms with Crippen molar-refractivity contribution in [2.45, 2.75) is 44.1 Å². The number of nitro groups is 1. The zero-order valence-corrected chi connectivity index (χ0v) is 18.9. The summed E-state index contributed by atoms with van der Waals surface area (Å²) < 4.78 is 1.94. The Balaban J connectivity index is 1.80. The molecule has 1 amide bonds. The molecule has 3 rings (SSSR count). The third-order valence-corrected chi connectivity index (χ3v) is 6.45. The summed E-state index contributed by atoms with van der Waals surface area (Å²) in [6.45, 7) is 6.44. The maximum atomic E-state index is 12.8. The summed E-state index contributed by atoms with van der Waals surface area (Å²) in [7, 11) is 0. The van der Waals surface area contributed by atoms with E-state index in [1.165, 1.54) is 30.0 Å². The number of nitrogens with zero attached hydrogens (tertiary/aromatic N) is 4. The maximum Gasteiger partial charge on any atom is 0.271 e. The highest BCUT2D eigenvalue weighted by Gasteiger charge is 2.23. The fourth-order valence-electron chi connectivity index (χ4n) is 2.98. The summed E-state index contributed by atoms with van der Waals surface area (Å²) in [6.07, 6.45) is 0.549. The molecule has 0 aliphatic heterocycles.